The predicted molar refractivity (Wildman–Crippen MR) is 79.7 cm³/mol. The molecule has 0 heterocycles. The van der Waals surface area contributed by atoms with Gasteiger partial charge in [0.25, 0.3) is 0 Å². The lowest BCUT2D eigenvalue weighted by molar-refractivity contribution is -0.385. The average molecular weight is 301 g/mol. The standard InChI is InChI=1S/C15H9ClN2O3/c16-13-4-2-1-3-12(13)11(9-17)7-10-5-6-15(19)14(8-10)18(20)21/h1-8,19H. The highest BCUT2D eigenvalue weighted by Gasteiger charge is 2.13. The first-order valence-corrected chi connectivity index (χ1v) is 6.25. The van der Waals surface area contributed by atoms with Gasteiger partial charge in [-0.1, -0.05) is 35.9 Å². The van der Waals surface area contributed by atoms with Crippen molar-refractivity contribution in [3.63, 3.8) is 0 Å². The van der Waals surface area contributed by atoms with Gasteiger partial charge < -0.3 is 5.11 Å². The van der Waals surface area contributed by atoms with E-state index in [1.165, 1.54) is 24.3 Å². The number of phenols is 1. The second kappa shape index (κ2) is 6.07. The second-order valence-electron chi connectivity index (χ2n) is 4.15. The number of nitro benzene ring substituents is 1. The molecule has 0 aliphatic carbocycles. The number of nitriles is 1. The van der Waals surface area contributed by atoms with Gasteiger partial charge in [0.1, 0.15) is 0 Å². The fraction of sp³-hybridized carbons (Fsp3) is 0. The number of nitro groups is 1. The lowest BCUT2D eigenvalue weighted by Crippen LogP contribution is -1.90. The van der Waals surface area contributed by atoms with E-state index in [-0.39, 0.29) is 5.57 Å². The third-order valence-corrected chi connectivity index (χ3v) is 3.12. The largest absolute Gasteiger partial charge is 0.502 e. The maximum Gasteiger partial charge on any atom is 0.311 e. The molecule has 0 saturated heterocycles. The van der Waals surface area contributed by atoms with Crippen LogP contribution in [0.25, 0.3) is 11.6 Å². The maximum atomic E-state index is 10.8. The summed E-state index contributed by atoms with van der Waals surface area (Å²) in [6.45, 7) is 0. The van der Waals surface area contributed by atoms with Crippen molar-refractivity contribution in [2.24, 2.45) is 0 Å². The maximum absolute atomic E-state index is 10.8. The summed E-state index contributed by atoms with van der Waals surface area (Å²) < 4.78 is 0. The summed E-state index contributed by atoms with van der Waals surface area (Å²) in [5.74, 6) is -0.423. The minimum atomic E-state index is -0.686. The quantitative estimate of drug-likeness (QED) is 0.401. The van der Waals surface area contributed by atoms with Crippen LogP contribution in [-0.4, -0.2) is 10.0 Å². The Morgan fingerprint density at radius 1 is 1.33 bits per heavy atom. The van der Waals surface area contributed by atoms with Gasteiger partial charge in [0, 0.05) is 16.7 Å². The van der Waals surface area contributed by atoms with Crippen molar-refractivity contribution in [1.82, 2.24) is 0 Å². The van der Waals surface area contributed by atoms with Gasteiger partial charge in [-0.2, -0.15) is 5.26 Å². The van der Waals surface area contributed by atoms with E-state index in [9.17, 15) is 20.5 Å². The summed E-state index contributed by atoms with van der Waals surface area (Å²) in [4.78, 5) is 10.1. The van der Waals surface area contributed by atoms with Gasteiger partial charge in [0.15, 0.2) is 5.75 Å². The van der Waals surface area contributed by atoms with Crippen LogP contribution in [0, 0.1) is 21.4 Å². The molecule has 2 aromatic rings. The van der Waals surface area contributed by atoms with Gasteiger partial charge in [-0.05, 0) is 23.8 Å². The molecule has 104 valence electrons. The third-order valence-electron chi connectivity index (χ3n) is 2.79. The third kappa shape index (κ3) is 3.19. The SMILES string of the molecule is N#CC(=Cc1ccc(O)c([N+](=O)[O-])c1)c1ccccc1Cl. The smallest absolute Gasteiger partial charge is 0.311 e. The van der Waals surface area contributed by atoms with E-state index in [1.54, 1.807) is 24.3 Å². The number of hydrogen-bond acceptors (Lipinski definition) is 4. The molecule has 2 aromatic carbocycles. The highest BCUT2D eigenvalue weighted by molar-refractivity contribution is 6.32. The summed E-state index contributed by atoms with van der Waals surface area (Å²) in [6, 6.07) is 12.7. The lowest BCUT2D eigenvalue weighted by atomic mass is 10.0. The zero-order chi connectivity index (χ0) is 15.4. The Balaban J connectivity index is 2.52. The van der Waals surface area contributed by atoms with Crippen molar-refractivity contribution >= 4 is 28.9 Å². The van der Waals surface area contributed by atoms with Crippen molar-refractivity contribution in [3.8, 4) is 11.8 Å². The van der Waals surface area contributed by atoms with Crippen LogP contribution >= 0.6 is 11.6 Å². The van der Waals surface area contributed by atoms with Gasteiger partial charge in [-0.3, -0.25) is 10.1 Å². The van der Waals surface area contributed by atoms with E-state index in [4.69, 9.17) is 11.6 Å². The Labute approximate surface area is 125 Å². The number of halogens is 1. The van der Waals surface area contributed by atoms with Crippen LogP contribution in [0.3, 0.4) is 0 Å². The molecule has 0 spiro atoms. The number of benzene rings is 2. The first kappa shape index (κ1) is 14.6. The van der Waals surface area contributed by atoms with Crippen LogP contribution in [0.15, 0.2) is 42.5 Å². The van der Waals surface area contributed by atoms with Crippen molar-refractivity contribution < 1.29 is 10.0 Å². The highest BCUT2D eigenvalue weighted by atomic mass is 35.5. The Morgan fingerprint density at radius 3 is 2.67 bits per heavy atom. The van der Waals surface area contributed by atoms with Crippen LogP contribution in [0.4, 0.5) is 5.69 Å². The fourth-order valence-electron chi connectivity index (χ4n) is 1.79. The summed E-state index contributed by atoms with van der Waals surface area (Å²) in [6.07, 6.45) is 1.48. The Kier molecular flexibility index (Phi) is 4.21. The van der Waals surface area contributed by atoms with Gasteiger partial charge in [0.05, 0.1) is 16.6 Å². The molecule has 6 heteroatoms. The number of phenolic OH excluding ortho intramolecular Hbond substituents is 1. The predicted octanol–water partition coefficient (Wildman–Crippen LogP) is 4.02. The van der Waals surface area contributed by atoms with E-state index in [1.807, 2.05) is 6.07 Å². The van der Waals surface area contributed by atoms with Gasteiger partial charge >= 0.3 is 5.69 Å². The zero-order valence-electron chi connectivity index (χ0n) is 10.7. The number of aromatic hydroxyl groups is 1. The molecule has 2 rings (SSSR count). The molecule has 0 saturated carbocycles. The first-order chi connectivity index (χ1) is 10.0. The van der Waals surface area contributed by atoms with Crippen molar-refractivity contribution in [3.05, 3.63) is 68.7 Å². The topological polar surface area (TPSA) is 87.2 Å². The summed E-state index contributed by atoms with van der Waals surface area (Å²) >= 11 is 6.03. The molecule has 0 atom stereocenters. The number of hydrogen-bond donors (Lipinski definition) is 1. The summed E-state index contributed by atoms with van der Waals surface area (Å²) in [5, 5.41) is 29.9. The van der Waals surface area contributed by atoms with E-state index in [2.05, 4.69) is 0 Å². The first-order valence-electron chi connectivity index (χ1n) is 5.87. The van der Waals surface area contributed by atoms with Crippen LogP contribution in [-0.2, 0) is 0 Å². The van der Waals surface area contributed by atoms with E-state index in [0.717, 1.165) is 0 Å². The van der Waals surface area contributed by atoms with Crippen LogP contribution in [0.1, 0.15) is 11.1 Å². The van der Waals surface area contributed by atoms with E-state index >= 15 is 0 Å². The average Bonchev–Trinajstić information content (AvgIpc) is 2.47. The fourth-order valence-corrected chi connectivity index (χ4v) is 2.03. The molecule has 0 aromatic heterocycles. The number of rotatable bonds is 3. The molecular formula is C15H9ClN2O3. The Bertz CT molecular complexity index is 779. The van der Waals surface area contributed by atoms with Crippen LogP contribution < -0.4 is 0 Å². The molecule has 0 amide bonds. The van der Waals surface area contributed by atoms with Crippen LogP contribution in [0.5, 0.6) is 5.75 Å². The number of allylic oxidation sites excluding steroid dienone is 1. The summed E-state index contributed by atoms with van der Waals surface area (Å²) in [5.41, 5.74) is 0.828. The minimum Gasteiger partial charge on any atom is -0.502 e. The van der Waals surface area contributed by atoms with E-state index < -0.39 is 16.4 Å². The molecule has 0 aliphatic rings. The van der Waals surface area contributed by atoms with Gasteiger partial charge in [-0.25, -0.2) is 0 Å². The van der Waals surface area contributed by atoms with Crippen molar-refractivity contribution in [2.45, 2.75) is 0 Å². The zero-order valence-corrected chi connectivity index (χ0v) is 11.4. The second-order valence-corrected chi connectivity index (χ2v) is 4.56. The van der Waals surface area contributed by atoms with Crippen molar-refractivity contribution in [1.29, 1.82) is 5.26 Å². The number of nitrogens with zero attached hydrogens (tertiary/aromatic N) is 2. The molecule has 0 aliphatic heterocycles. The Morgan fingerprint density at radius 2 is 2.05 bits per heavy atom. The molecule has 1 N–H and O–H groups in total. The monoisotopic (exact) mass is 300 g/mol. The molecule has 0 radical (unpaired) electrons. The Hall–Kier alpha value is -2.84. The molecule has 0 unspecified atom stereocenters. The van der Waals surface area contributed by atoms with E-state index in [0.29, 0.717) is 16.1 Å². The molecular weight excluding hydrogens is 292 g/mol. The highest BCUT2D eigenvalue weighted by Crippen LogP contribution is 2.29. The molecule has 0 fully saturated rings. The van der Waals surface area contributed by atoms with Gasteiger partial charge in [0.2, 0.25) is 0 Å². The molecule has 0 bridgehead atoms. The molecule has 5 nitrogen and oxygen atoms in total. The van der Waals surface area contributed by atoms with Crippen LogP contribution in [0.2, 0.25) is 5.02 Å². The minimum absolute atomic E-state index is 0.278. The van der Waals surface area contributed by atoms with Crippen molar-refractivity contribution in [2.75, 3.05) is 0 Å². The normalized spacial score (nSPS) is 11.0. The van der Waals surface area contributed by atoms with Gasteiger partial charge in [-0.15, -0.1) is 0 Å². The molecule has 21 heavy (non-hydrogen) atoms. The summed E-state index contributed by atoms with van der Waals surface area (Å²) in [7, 11) is 0. The lowest BCUT2D eigenvalue weighted by Gasteiger charge is -2.03.